The molecule has 4 rings (SSSR count). The molecule has 0 bridgehead atoms. The molecule has 0 aliphatic heterocycles. The van der Waals surface area contributed by atoms with Crippen LogP contribution in [0.4, 0.5) is 5.69 Å². The highest BCUT2D eigenvalue weighted by atomic mass is 16.2. The molecule has 0 unspecified atom stereocenters. The first-order valence-corrected chi connectivity index (χ1v) is 9.58. The molecule has 4 aromatic rings. The second-order valence-corrected chi connectivity index (χ2v) is 6.76. The van der Waals surface area contributed by atoms with Gasteiger partial charge in [0, 0.05) is 29.7 Å². The predicted octanol–water partition coefficient (Wildman–Crippen LogP) is 3.54. The van der Waals surface area contributed by atoms with Gasteiger partial charge in [0.15, 0.2) is 0 Å². The normalized spacial score (nSPS) is 10.5. The quantitative estimate of drug-likeness (QED) is 0.500. The summed E-state index contributed by atoms with van der Waals surface area (Å²) in [4.78, 5) is 31.4. The third kappa shape index (κ3) is 4.50. The van der Waals surface area contributed by atoms with Gasteiger partial charge >= 0.3 is 0 Å². The van der Waals surface area contributed by atoms with Crippen molar-refractivity contribution in [3.8, 4) is 11.3 Å². The Hall–Kier alpha value is -4.06. The van der Waals surface area contributed by atoms with Crippen molar-refractivity contribution in [3.63, 3.8) is 0 Å². The van der Waals surface area contributed by atoms with Crippen molar-refractivity contribution in [1.29, 1.82) is 0 Å². The van der Waals surface area contributed by atoms with E-state index in [9.17, 15) is 9.59 Å². The lowest BCUT2D eigenvalue weighted by atomic mass is 10.2. The van der Waals surface area contributed by atoms with Crippen LogP contribution in [0.25, 0.3) is 11.3 Å². The Morgan fingerprint density at radius 2 is 1.60 bits per heavy atom. The molecule has 0 aliphatic rings. The van der Waals surface area contributed by atoms with Gasteiger partial charge in [-0.25, -0.2) is 4.68 Å². The van der Waals surface area contributed by atoms with Gasteiger partial charge in [-0.1, -0.05) is 48.5 Å². The highest BCUT2D eigenvalue weighted by Crippen LogP contribution is 2.18. The van der Waals surface area contributed by atoms with Crippen LogP contribution < -0.4 is 10.5 Å². The van der Waals surface area contributed by atoms with E-state index in [0.717, 1.165) is 16.8 Å². The molecule has 0 aliphatic carbocycles. The van der Waals surface area contributed by atoms with E-state index in [-0.39, 0.29) is 18.0 Å². The molecule has 6 nitrogen and oxygen atoms in total. The molecule has 2 aromatic carbocycles. The summed E-state index contributed by atoms with van der Waals surface area (Å²) in [5, 5.41) is 4.38. The molecule has 0 fully saturated rings. The molecule has 30 heavy (non-hydrogen) atoms. The first-order chi connectivity index (χ1) is 14.7. The summed E-state index contributed by atoms with van der Waals surface area (Å²) < 4.78 is 1.20. The van der Waals surface area contributed by atoms with Crippen molar-refractivity contribution in [2.24, 2.45) is 0 Å². The van der Waals surface area contributed by atoms with E-state index < -0.39 is 0 Å². The maximum Gasteiger partial charge on any atom is 0.267 e. The SMILES string of the molecule is O=C(Cn1nc(-c2cccnc2)ccc1=O)N(Cc1ccccc1)c1ccccc1. The van der Waals surface area contributed by atoms with Gasteiger partial charge in [0.25, 0.3) is 5.56 Å². The van der Waals surface area contributed by atoms with Crippen LogP contribution in [0.15, 0.2) is 102 Å². The number of carbonyl (C=O) groups is 1. The number of para-hydroxylation sites is 1. The number of rotatable bonds is 6. The minimum Gasteiger partial charge on any atom is -0.306 e. The lowest BCUT2D eigenvalue weighted by Crippen LogP contribution is -2.37. The van der Waals surface area contributed by atoms with Crippen LogP contribution in [0.3, 0.4) is 0 Å². The topological polar surface area (TPSA) is 68.1 Å². The summed E-state index contributed by atoms with van der Waals surface area (Å²) in [6, 6.07) is 25.9. The zero-order valence-corrected chi connectivity index (χ0v) is 16.3. The summed E-state index contributed by atoms with van der Waals surface area (Å²) in [6.45, 7) is 0.245. The third-order valence-corrected chi connectivity index (χ3v) is 4.66. The maximum atomic E-state index is 13.2. The number of pyridine rings is 1. The Labute approximate surface area is 174 Å². The van der Waals surface area contributed by atoms with Gasteiger partial charge < -0.3 is 4.90 Å². The number of hydrogen-bond acceptors (Lipinski definition) is 4. The predicted molar refractivity (Wildman–Crippen MR) is 116 cm³/mol. The van der Waals surface area contributed by atoms with Crippen LogP contribution >= 0.6 is 0 Å². The summed E-state index contributed by atoms with van der Waals surface area (Å²) in [5.74, 6) is -0.219. The lowest BCUT2D eigenvalue weighted by Gasteiger charge is -2.23. The highest BCUT2D eigenvalue weighted by molar-refractivity contribution is 5.93. The second-order valence-electron chi connectivity index (χ2n) is 6.76. The van der Waals surface area contributed by atoms with Gasteiger partial charge in [0.05, 0.1) is 12.2 Å². The third-order valence-electron chi connectivity index (χ3n) is 4.66. The molecular formula is C24H20N4O2. The smallest absolute Gasteiger partial charge is 0.267 e. The average Bonchev–Trinajstić information content (AvgIpc) is 2.80. The van der Waals surface area contributed by atoms with E-state index in [0.29, 0.717) is 12.2 Å². The number of amides is 1. The molecule has 6 heteroatoms. The van der Waals surface area contributed by atoms with E-state index in [1.165, 1.54) is 10.7 Å². The number of carbonyl (C=O) groups excluding carboxylic acids is 1. The molecular weight excluding hydrogens is 376 g/mol. The van der Waals surface area contributed by atoms with E-state index in [1.54, 1.807) is 29.4 Å². The van der Waals surface area contributed by atoms with Crippen LogP contribution in [-0.4, -0.2) is 20.7 Å². The molecule has 2 aromatic heterocycles. The number of hydrogen-bond donors (Lipinski definition) is 0. The second kappa shape index (κ2) is 8.96. The van der Waals surface area contributed by atoms with E-state index in [1.807, 2.05) is 66.7 Å². The van der Waals surface area contributed by atoms with E-state index in [2.05, 4.69) is 10.1 Å². The fourth-order valence-electron chi connectivity index (χ4n) is 3.14. The van der Waals surface area contributed by atoms with Crippen LogP contribution in [0.1, 0.15) is 5.56 Å². The first-order valence-electron chi connectivity index (χ1n) is 9.58. The van der Waals surface area contributed by atoms with Crippen molar-refractivity contribution >= 4 is 11.6 Å². The fraction of sp³-hybridized carbons (Fsp3) is 0.0833. The summed E-state index contributed by atoms with van der Waals surface area (Å²) in [5.41, 5.74) is 2.80. The van der Waals surface area contributed by atoms with Gasteiger partial charge in [0.2, 0.25) is 5.91 Å². The molecule has 0 atom stereocenters. The zero-order chi connectivity index (χ0) is 20.8. The Bertz CT molecular complexity index is 1180. The molecule has 2 heterocycles. The number of benzene rings is 2. The van der Waals surface area contributed by atoms with Crippen LogP contribution in [0.5, 0.6) is 0 Å². The monoisotopic (exact) mass is 396 g/mol. The highest BCUT2D eigenvalue weighted by Gasteiger charge is 2.18. The van der Waals surface area contributed by atoms with Gasteiger partial charge in [-0.3, -0.25) is 14.6 Å². The van der Waals surface area contributed by atoms with Gasteiger partial charge in [-0.2, -0.15) is 5.10 Å². The van der Waals surface area contributed by atoms with Crippen molar-refractivity contribution in [2.45, 2.75) is 13.1 Å². The molecule has 0 saturated heterocycles. The van der Waals surface area contributed by atoms with Crippen LogP contribution in [0, 0.1) is 0 Å². The zero-order valence-electron chi connectivity index (χ0n) is 16.3. The van der Waals surface area contributed by atoms with Gasteiger partial charge in [-0.15, -0.1) is 0 Å². The minimum atomic E-state index is -0.330. The van der Waals surface area contributed by atoms with Crippen molar-refractivity contribution in [2.75, 3.05) is 4.90 Å². The van der Waals surface area contributed by atoms with Crippen LogP contribution in [-0.2, 0) is 17.9 Å². The standard InChI is InChI=1S/C24H20N4O2/c29-23-14-13-22(20-10-7-15-25-16-20)26-28(23)18-24(30)27(21-11-5-2-6-12-21)17-19-8-3-1-4-9-19/h1-16H,17-18H2. The van der Waals surface area contributed by atoms with Crippen LogP contribution in [0.2, 0.25) is 0 Å². The minimum absolute atomic E-state index is 0.158. The van der Waals surface area contributed by atoms with Gasteiger partial charge in [-0.05, 0) is 35.9 Å². The average molecular weight is 396 g/mol. The molecule has 0 saturated carbocycles. The first kappa shape index (κ1) is 19.3. The van der Waals surface area contributed by atoms with Crippen molar-refractivity contribution in [1.82, 2.24) is 14.8 Å². The Morgan fingerprint density at radius 1 is 0.867 bits per heavy atom. The number of aromatic nitrogens is 3. The van der Waals surface area contributed by atoms with Gasteiger partial charge in [0.1, 0.15) is 6.54 Å². The number of anilines is 1. The summed E-state index contributed by atoms with van der Waals surface area (Å²) in [6.07, 6.45) is 3.34. The molecule has 0 radical (unpaired) electrons. The summed E-state index contributed by atoms with van der Waals surface area (Å²) in [7, 11) is 0. The van der Waals surface area contributed by atoms with E-state index >= 15 is 0 Å². The van der Waals surface area contributed by atoms with E-state index in [4.69, 9.17) is 0 Å². The van der Waals surface area contributed by atoms with Crippen molar-refractivity contribution in [3.05, 3.63) is 113 Å². The molecule has 0 spiro atoms. The molecule has 1 amide bonds. The molecule has 148 valence electrons. The number of nitrogens with zero attached hydrogens (tertiary/aromatic N) is 4. The van der Waals surface area contributed by atoms with Crippen molar-refractivity contribution < 1.29 is 4.79 Å². The maximum absolute atomic E-state index is 13.2. The largest absolute Gasteiger partial charge is 0.306 e. The molecule has 0 N–H and O–H groups in total. The Balaban J connectivity index is 1.63. The fourth-order valence-corrected chi connectivity index (χ4v) is 3.14. The Morgan fingerprint density at radius 3 is 2.30 bits per heavy atom. The Kier molecular flexibility index (Phi) is 5.75. The lowest BCUT2D eigenvalue weighted by molar-refractivity contribution is -0.119. The summed E-state index contributed by atoms with van der Waals surface area (Å²) >= 11 is 0.